The smallest absolute Gasteiger partial charge is 0.331 e. The van der Waals surface area contributed by atoms with Crippen molar-refractivity contribution in [2.75, 3.05) is 13.7 Å². The van der Waals surface area contributed by atoms with Crippen LogP contribution >= 0.6 is 0 Å². The van der Waals surface area contributed by atoms with Crippen LogP contribution in [-0.4, -0.2) is 30.4 Å². The summed E-state index contributed by atoms with van der Waals surface area (Å²) < 4.78 is 4.98. The van der Waals surface area contributed by atoms with E-state index in [-0.39, 0.29) is 12.5 Å². The van der Waals surface area contributed by atoms with Crippen LogP contribution in [0.4, 0.5) is 0 Å². The second kappa shape index (κ2) is 9.19. The van der Waals surface area contributed by atoms with Crippen molar-refractivity contribution in [1.29, 1.82) is 5.26 Å². The summed E-state index contributed by atoms with van der Waals surface area (Å²) >= 11 is 0. The van der Waals surface area contributed by atoms with Gasteiger partial charge in [-0.05, 0) is 36.3 Å². The van der Waals surface area contributed by atoms with E-state index in [1.165, 1.54) is 11.0 Å². The molecule has 0 fully saturated rings. The van der Waals surface area contributed by atoms with Crippen LogP contribution in [0.3, 0.4) is 0 Å². The third-order valence-corrected chi connectivity index (χ3v) is 3.76. The Morgan fingerprint density at radius 1 is 1.12 bits per heavy atom. The summed E-state index contributed by atoms with van der Waals surface area (Å²) in [5.41, 5.74) is 3.49. The number of hydrogen-bond donors (Lipinski definition) is 0. The van der Waals surface area contributed by atoms with Crippen LogP contribution in [0.1, 0.15) is 22.3 Å². The SMILES string of the molecule is Cc1ccc(CN(C)C(=O)COC(=O)/C=C/c2ccc(C#N)cc2)cc1. The predicted octanol–water partition coefficient (Wildman–Crippen LogP) is 3.08. The molecule has 0 heterocycles. The maximum atomic E-state index is 12.1. The zero-order chi connectivity index (χ0) is 18.9. The van der Waals surface area contributed by atoms with Gasteiger partial charge in [-0.3, -0.25) is 4.79 Å². The molecule has 5 nitrogen and oxygen atoms in total. The number of benzene rings is 2. The maximum absolute atomic E-state index is 12.1. The van der Waals surface area contributed by atoms with Gasteiger partial charge in [-0.25, -0.2) is 4.79 Å². The van der Waals surface area contributed by atoms with Crippen molar-refractivity contribution < 1.29 is 14.3 Å². The minimum Gasteiger partial charge on any atom is -0.452 e. The highest BCUT2D eigenvalue weighted by Gasteiger charge is 2.11. The lowest BCUT2D eigenvalue weighted by Crippen LogP contribution is -2.30. The summed E-state index contributed by atoms with van der Waals surface area (Å²) in [5.74, 6) is -0.864. The molecule has 0 radical (unpaired) electrons. The van der Waals surface area contributed by atoms with E-state index in [2.05, 4.69) is 0 Å². The largest absolute Gasteiger partial charge is 0.452 e. The molecule has 2 aromatic rings. The molecule has 0 bridgehead atoms. The number of likely N-dealkylation sites (N-methyl/N-ethyl adjacent to an activating group) is 1. The summed E-state index contributed by atoms with van der Waals surface area (Å²) in [6.07, 6.45) is 2.83. The summed E-state index contributed by atoms with van der Waals surface area (Å²) in [6.45, 7) is 2.15. The molecular weight excluding hydrogens is 328 g/mol. The fourth-order valence-electron chi connectivity index (χ4n) is 2.18. The number of nitriles is 1. The second-order valence-corrected chi connectivity index (χ2v) is 5.91. The van der Waals surface area contributed by atoms with Crippen molar-refractivity contribution in [3.8, 4) is 6.07 Å². The molecule has 0 saturated heterocycles. The van der Waals surface area contributed by atoms with Crippen molar-refractivity contribution in [2.45, 2.75) is 13.5 Å². The van der Waals surface area contributed by atoms with Gasteiger partial charge in [0.15, 0.2) is 6.61 Å². The number of carbonyl (C=O) groups is 2. The molecule has 0 unspecified atom stereocenters. The predicted molar refractivity (Wildman–Crippen MR) is 98.8 cm³/mol. The summed E-state index contributed by atoms with van der Waals surface area (Å²) in [7, 11) is 1.67. The molecule has 2 aromatic carbocycles. The highest BCUT2D eigenvalue weighted by Crippen LogP contribution is 2.07. The van der Waals surface area contributed by atoms with Crippen molar-refractivity contribution >= 4 is 18.0 Å². The number of rotatable bonds is 6. The molecule has 0 N–H and O–H groups in total. The Morgan fingerprint density at radius 3 is 2.38 bits per heavy atom. The standard InChI is InChI=1S/C21H20N2O3/c1-16-3-5-19(6-4-16)14-23(2)20(24)15-26-21(25)12-11-17-7-9-18(13-22)10-8-17/h3-12H,14-15H2,1-2H3/b12-11+. The molecule has 0 atom stereocenters. The first-order valence-electron chi connectivity index (χ1n) is 8.12. The van der Waals surface area contributed by atoms with Crippen molar-refractivity contribution in [1.82, 2.24) is 4.90 Å². The molecule has 0 aromatic heterocycles. The molecule has 1 amide bonds. The van der Waals surface area contributed by atoms with Gasteiger partial charge in [-0.2, -0.15) is 5.26 Å². The van der Waals surface area contributed by atoms with Crippen molar-refractivity contribution in [3.63, 3.8) is 0 Å². The normalized spacial score (nSPS) is 10.3. The van der Waals surface area contributed by atoms with Gasteiger partial charge in [-0.15, -0.1) is 0 Å². The Hall–Kier alpha value is -3.39. The van der Waals surface area contributed by atoms with Crippen molar-refractivity contribution in [2.24, 2.45) is 0 Å². The van der Waals surface area contributed by atoms with Crippen LogP contribution < -0.4 is 0 Å². The van der Waals surface area contributed by atoms with E-state index < -0.39 is 5.97 Å². The van der Waals surface area contributed by atoms with Crippen LogP contribution in [0.25, 0.3) is 6.08 Å². The lowest BCUT2D eigenvalue weighted by Gasteiger charge is -2.17. The third kappa shape index (κ3) is 5.91. The fourth-order valence-corrected chi connectivity index (χ4v) is 2.18. The van der Waals surface area contributed by atoms with Gasteiger partial charge in [0.25, 0.3) is 5.91 Å². The van der Waals surface area contributed by atoms with E-state index in [1.54, 1.807) is 37.4 Å². The second-order valence-electron chi connectivity index (χ2n) is 5.91. The van der Waals surface area contributed by atoms with Gasteiger partial charge in [0.1, 0.15) is 0 Å². The van der Waals surface area contributed by atoms with E-state index in [1.807, 2.05) is 37.3 Å². The Balaban J connectivity index is 1.79. The molecule has 0 aliphatic heterocycles. The lowest BCUT2D eigenvalue weighted by molar-refractivity contribution is -0.147. The molecule has 132 valence electrons. The minimum atomic E-state index is -0.591. The van der Waals surface area contributed by atoms with Crippen LogP contribution in [0.2, 0.25) is 0 Å². The summed E-state index contributed by atoms with van der Waals surface area (Å²) in [5, 5.41) is 8.74. The maximum Gasteiger partial charge on any atom is 0.331 e. The van der Waals surface area contributed by atoms with Crippen LogP contribution in [0, 0.1) is 18.3 Å². The van der Waals surface area contributed by atoms with E-state index in [0.29, 0.717) is 12.1 Å². The number of nitrogens with zero attached hydrogens (tertiary/aromatic N) is 2. The third-order valence-electron chi connectivity index (χ3n) is 3.76. The molecule has 0 aliphatic carbocycles. The Kier molecular flexibility index (Phi) is 6.69. The van der Waals surface area contributed by atoms with Crippen LogP contribution in [0.15, 0.2) is 54.6 Å². The molecule has 0 aliphatic rings. The number of aryl methyl sites for hydroxylation is 1. The summed E-state index contributed by atoms with van der Waals surface area (Å²) in [4.78, 5) is 25.3. The van der Waals surface area contributed by atoms with Gasteiger partial charge in [0, 0.05) is 19.7 Å². The van der Waals surface area contributed by atoms with Crippen LogP contribution in [0.5, 0.6) is 0 Å². The minimum absolute atomic E-state index is 0.273. The summed E-state index contributed by atoms with van der Waals surface area (Å²) in [6, 6.07) is 16.7. The van der Waals surface area contributed by atoms with E-state index >= 15 is 0 Å². The molecule has 26 heavy (non-hydrogen) atoms. The van der Waals surface area contributed by atoms with Gasteiger partial charge >= 0.3 is 5.97 Å². The zero-order valence-corrected chi connectivity index (χ0v) is 14.8. The topological polar surface area (TPSA) is 70.4 Å². The highest BCUT2D eigenvalue weighted by molar-refractivity contribution is 5.89. The number of amides is 1. The van der Waals surface area contributed by atoms with Crippen LogP contribution in [-0.2, 0) is 20.9 Å². The molecule has 0 spiro atoms. The first kappa shape index (κ1) is 18.9. The van der Waals surface area contributed by atoms with E-state index in [9.17, 15) is 9.59 Å². The van der Waals surface area contributed by atoms with Gasteiger partial charge < -0.3 is 9.64 Å². The first-order chi connectivity index (χ1) is 12.5. The Labute approximate surface area is 153 Å². The Bertz CT molecular complexity index is 831. The average Bonchev–Trinajstić information content (AvgIpc) is 2.66. The molecule has 0 saturated carbocycles. The number of hydrogen-bond acceptors (Lipinski definition) is 4. The monoisotopic (exact) mass is 348 g/mol. The van der Waals surface area contributed by atoms with Crippen molar-refractivity contribution in [3.05, 3.63) is 76.9 Å². The van der Waals surface area contributed by atoms with Gasteiger partial charge in [-0.1, -0.05) is 42.0 Å². The molecule has 2 rings (SSSR count). The lowest BCUT2D eigenvalue weighted by atomic mass is 10.1. The number of esters is 1. The number of ether oxygens (including phenoxy) is 1. The van der Waals surface area contributed by atoms with Gasteiger partial charge in [0.2, 0.25) is 0 Å². The first-order valence-corrected chi connectivity index (χ1v) is 8.12. The zero-order valence-electron chi connectivity index (χ0n) is 14.8. The average molecular weight is 348 g/mol. The fraction of sp³-hybridized carbons (Fsp3) is 0.190. The Morgan fingerprint density at radius 2 is 1.77 bits per heavy atom. The molecular formula is C21H20N2O3. The quantitative estimate of drug-likeness (QED) is 0.594. The van der Waals surface area contributed by atoms with E-state index in [0.717, 1.165) is 16.7 Å². The highest BCUT2D eigenvalue weighted by atomic mass is 16.5. The van der Waals surface area contributed by atoms with E-state index in [4.69, 9.17) is 10.00 Å². The molecule has 5 heteroatoms. The number of carbonyl (C=O) groups excluding carboxylic acids is 2. The van der Waals surface area contributed by atoms with Gasteiger partial charge in [0.05, 0.1) is 11.6 Å².